The second kappa shape index (κ2) is 8.84. The van der Waals surface area contributed by atoms with E-state index in [-0.39, 0.29) is 0 Å². The second-order valence-electron chi connectivity index (χ2n) is 5.30. The lowest BCUT2D eigenvalue weighted by atomic mass is 10.1. The molecule has 0 atom stereocenters. The van der Waals surface area contributed by atoms with Crippen LogP contribution in [0.5, 0.6) is 5.75 Å². The van der Waals surface area contributed by atoms with Gasteiger partial charge in [0.1, 0.15) is 5.75 Å². The summed E-state index contributed by atoms with van der Waals surface area (Å²) in [6, 6.07) is 11.4. The molecule has 0 aliphatic carbocycles. The number of hydrazine groups is 1. The summed E-state index contributed by atoms with van der Waals surface area (Å²) in [5.74, 6) is 0.689. The summed E-state index contributed by atoms with van der Waals surface area (Å²) in [6.45, 7) is 3.95. The Morgan fingerprint density at radius 2 is 1.64 bits per heavy atom. The maximum Gasteiger partial charge on any atom is 0.189 e. The van der Waals surface area contributed by atoms with Gasteiger partial charge in [-0.05, 0) is 67.6 Å². The zero-order valence-electron chi connectivity index (χ0n) is 14.1. The molecule has 0 radical (unpaired) electrons. The van der Waals surface area contributed by atoms with Crippen LogP contribution in [0.15, 0.2) is 36.4 Å². The Hall–Kier alpha value is -2.09. The quantitative estimate of drug-likeness (QED) is 0.460. The standard InChI is InChI=1S/C17H19ClN4OS2/c1-10-8-11(2)15(12(18)9-10)20-17(25)22-21-16(24)19-13-6-4-5-7-14(13)23-3/h4-9H,1-3H3,(H2,19,21,24)(H2,20,22,25). The Kier molecular flexibility index (Phi) is 6.81. The lowest BCUT2D eigenvalue weighted by Gasteiger charge is -2.17. The molecule has 0 aliphatic rings. The van der Waals surface area contributed by atoms with Crippen LogP contribution in [0.25, 0.3) is 0 Å². The van der Waals surface area contributed by atoms with Crippen LogP contribution in [0.1, 0.15) is 11.1 Å². The van der Waals surface area contributed by atoms with E-state index in [0.29, 0.717) is 21.0 Å². The number of methoxy groups -OCH3 is 1. The number of para-hydroxylation sites is 2. The summed E-state index contributed by atoms with van der Waals surface area (Å²) >= 11 is 16.8. The third-order valence-electron chi connectivity index (χ3n) is 3.32. The number of rotatable bonds is 3. The Balaban J connectivity index is 1.91. The first-order chi connectivity index (χ1) is 11.9. The molecular weight excluding hydrogens is 376 g/mol. The summed E-state index contributed by atoms with van der Waals surface area (Å²) in [5, 5.41) is 7.39. The molecule has 0 amide bonds. The van der Waals surface area contributed by atoms with Crippen LogP contribution >= 0.6 is 36.0 Å². The van der Waals surface area contributed by atoms with Crippen molar-refractivity contribution >= 4 is 57.6 Å². The van der Waals surface area contributed by atoms with E-state index in [4.69, 9.17) is 40.8 Å². The number of anilines is 2. The summed E-state index contributed by atoms with van der Waals surface area (Å²) in [4.78, 5) is 0. The van der Waals surface area contributed by atoms with Gasteiger partial charge in [0.15, 0.2) is 10.2 Å². The third-order valence-corrected chi connectivity index (χ3v) is 4.02. The molecule has 5 nitrogen and oxygen atoms in total. The van der Waals surface area contributed by atoms with Crippen molar-refractivity contribution in [3.8, 4) is 5.75 Å². The fourth-order valence-corrected chi connectivity index (χ4v) is 2.92. The number of hydrogen-bond donors (Lipinski definition) is 4. The van der Waals surface area contributed by atoms with Gasteiger partial charge in [-0.15, -0.1) is 0 Å². The highest BCUT2D eigenvalue weighted by Crippen LogP contribution is 2.27. The van der Waals surface area contributed by atoms with Crippen molar-refractivity contribution in [2.45, 2.75) is 13.8 Å². The van der Waals surface area contributed by atoms with Gasteiger partial charge in [0.05, 0.1) is 23.5 Å². The average Bonchev–Trinajstić information content (AvgIpc) is 2.56. The first-order valence-electron chi connectivity index (χ1n) is 7.44. The predicted molar refractivity (Wildman–Crippen MR) is 113 cm³/mol. The maximum absolute atomic E-state index is 6.26. The van der Waals surface area contributed by atoms with Crippen LogP contribution < -0.4 is 26.2 Å². The molecule has 0 aromatic heterocycles. The molecule has 0 saturated carbocycles. The molecule has 8 heteroatoms. The van der Waals surface area contributed by atoms with Crippen LogP contribution in [0.2, 0.25) is 5.02 Å². The summed E-state index contributed by atoms with van der Waals surface area (Å²) in [5.41, 5.74) is 9.25. The van der Waals surface area contributed by atoms with Gasteiger partial charge >= 0.3 is 0 Å². The summed E-state index contributed by atoms with van der Waals surface area (Å²) in [6.07, 6.45) is 0. The molecule has 132 valence electrons. The number of ether oxygens (including phenoxy) is 1. The molecule has 2 aromatic rings. The fraction of sp³-hybridized carbons (Fsp3) is 0.176. The number of nitrogens with one attached hydrogen (secondary N) is 4. The normalized spacial score (nSPS) is 9.92. The Morgan fingerprint density at radius 3 is 2.28 bits per heavy atom. The summed E-state index contributed by atoms with van der Waals surface area (Å²) < 4.78 is 5.26. The molecular formula is C17H19ClN4OS2. The van der Waals surface area contributed by atoms with Crippen LogP contribution in [-0.4, -0.2) is 17.3 Å². The maximum atomic E-state index is 6.26. The van der Waals surface area contributed by atoms with Gasteiger partial charge in [-0.3, -0.25) is 10.9 Å². The largest absolute Gasteiger partial charge is 0.495 e. The van der Waals surface area contributed by atoms with Crippen molar-refractivity contribution in [3.05, 3.63) is 52.5 Å². The minimum atomic E-state index is 0.345. The monoisotopic (exact) mass is 394 g/mol. The molecule has 0 heterocycles. The lowest BCUT2D eigenvalue weighted by Crippen LogP contribution is -2.45. The zero-order valence-corrected chi connectivity index (χ0v) is 16.5. The van der Waals surface area contributed by atoms with E-state index in [0.717, 1.165) is 22.5 Å². The molecule has 0 spiro atoms. The number of benzene rings is 2. The minimum absolute atomic E-state index is 0.345. The highest BCUT2D eigenvalue weighted by Gasteiger charge is 2.08. The van der Waals surface area contributed by atoms with Crippen molar-refractivity contribution in [1.29, 1.82) is 0 Å². The highest BCUT2D eigenvalue weighted by molar-refractivity contribution is 7.81. The van der Waals surface area contributed by atoms with Gasteiger partial charge < -0.3 is 15.4 Å². The van der Waals surface area contributed by atoms with Gasteiger partial charge in [0, 0.05) is 0 Å². The van der Waals surface area contributed by atoms with Crippen molar-refractivity contribution in [2.24, 2.45) is 0 Å². The summed E-state index contributed by atoms with van der Waals surface area (Å²) in [7, 11) is 1.60. The Labute approximate surface area is 163 Å². The SMILES string of the molecule is COc1ccccc1NC(=S)NNC(=S)Nc1c(C)cc(C)cc1Cl. The minimum Gasteiger partial charge on any atom is -0.495 e. The lowest BCUT2D eigenvalue weighted by molar-refractivity contribution is 0.417. The first-order valence-corrected chi connectivity index (χ1v) is 8.64. The first kappa shape index (κ1) is 19.2. The predicted octanol–water partition coefficient (Wildman–Crippen LogP) is 4.15. The number of hydrogen-bond acceptors (Lipinski definition) is 3. The Bertz CT molecular complexity index is 775. The third kappa shape index (κ3) is 5.45. The van der Waals surface area contributed by atoms with E-state index in [2.05, 4.69) is 21.5 Å². The van der Waals surface area contributed by atoms with E-state index in [1.807, 2.05) is 50.2 Å². The Morgan fingerprint density at radius 1 is 1.00 bits per heavy atom. The molecule has 2 aromatic carbocycles. The molecule has 0 bridgehead atoms. The van der Waals surface area contributed by atoms with Crippen LogP contribution in [-0.2, 0) is 0 Å². The van der Waals surface area contributed by atoms with E-state index >= 15 is 0 Å². The van der Waals surface area contributed by atoms with E-state index in [9.17, 15) is 0 Å². The fourth-order valence-electron chi connectivity index (χ4n) is 2.23. The van der Waals surface area contributed by atoms with Gasteiger partial charge in [-0.25, -0.2) is 0 Å². The molecule has 0 saturated heterocycles. The highest BCUT2D eigenvalue weighted by atomic mass is 35.5. The van der Waals surface area contributed by atoms with Crippen molar-refractivity contribution in [3.63, 3.8) is 0 Å². The van der Waals surface area contributed by atoms with Gasteiger partial charge in [0.25, 0.3) is 0 Å². The van der Waals surface area contributed by atoms with Gasteiger partial charge in [-0.1, -0.05) is 29.8 Å². The molecule has 4 N–H and O–H groups in total. The molecule has 0 unspecified atom stereocenters. The van der Waals surface area contributed by atoms with Crippen molar-refractivity contribution in [1.82, 2.24) is 10.9 Å². The van der Waals surface area contributed by atoms with Gasteiger partial charge in [0.2, 0.25) is 0 Å². The molecule has 0 aliphatic heterocycles. The van der Waals surface area contributed by atoms with Crippen LogP contribution in [0, 0.1) is 13.8 Å². The smallest absolute Gasteiger partial charge is 0.189 e. The van der Waals surface area contributed by atoms with Crippen LogP contribution in [0.4, 0.5) is 11.4 Å². The number of thiocarbonyl (C=S) groups is 2. The number of halogens is 1. The zero-order chi connectivity index (χ0) is 18.4. The second-order valence-corrected chi connectivity index (χ2v) is 6.52. The van der Waals surface area contributed by atoms with E-state index in [1.54, 1.807) is 7.11 Å². The van der Waals surface area contributed by atoms with Crippen molar-refractivity contribution in [2.75, 3.05) is 17.7 Å². The average molecular weight is 395 g/mol. The van der Waals surface area contributed by atoms with Gasteiger partial charge in [-0.2, -0.15) is 0 Å². The van der Waals surface area contributed by atoms with Crippen LogP contribution in [0.3, 0.4) is 0 Å². The molecule has 2 rings (SSSR count). The van der Waals surface area contributed by atoms with E-state index < -0.39 is 0 Å². The topological polar surface area (TPSA) is 57.4 Å². The van der Waals surface area contributed by atoms with Crippen molar-refractivity contribution < 1.29 is 4.74 Å². The number of aryl methyl sites for hydroxylation is 2. The molecule has 25 heavy (non-hydrogen) atoms. The van der Waals surface area contributed by atoms with E-state index in [1.165, 1.54) is 0 Å². The molecule has 0 fully saturated rings.